The van der Waals surface area contributed by atoms with Crippen LogP contribution in [0.2, 0.25) is 0 Å². The van der Waals surface area contributed by atoms with Crippen molar-refractivity contribution >= 4 is 5.78 Å². The molecule has 1 aliphatic heterocycles. The second-order valence-corrected chi connectivity index (χ2v) is 4.41. The summed E-state index contributed by atoms with van der Waals surface area (Å²) < 4.78 is 5.19. The van der Waals surface area contributed by atoms with Crippen LogP contribution in [0.1, 0.15) is 12.5 Å². The van der Waals surface area contributed by atoms with Gasteiger partial charge in [0.05, 0.1) is 12.6 Å². The Balaban J connectivity index is 2.04. The average molecular weight is 219 g/mol. The van der Waals surface area contributed by atoms with E-state index in [9.17, 15) is 4.79 Å². The number of Topliss-reactive ketones (excluding diaryl/α,β-unsaturated/α-hetero) is 1. The van der Waals surface area contributed by atoms with Crippen molar-refractivity contribution in [3.05, 3.63) is 35.9 Å². The largest absolute Gasteiger partial charge is 0.362 e. The maximum absolute atomic E-state index is 12.1. The molecule has 0 aliphatic carbocycles. The first kappa shape index (κ1) is 11.3. The van der Waals surface area contributed by atoms with Crippen LogP contribution in [-0.2, 0) is 16.0 Å². The van der Waals surface area contributed by atoms with Gasteiger partial charge in [-0.3, -0.25) is 4.79 Å². The molecule has 0 spiro atoms. The molecule has 3 heteroatoms. The lowest BCUT2D eigenvalue weighted by Crippen LogP contribution is -2.43. The number of hydrogen-bond donors (Lipinski definition) is 1. The number of carbonyl (C=O) groups is 1. The number of ether oxygens (including phenoxy) is 1. The van der Waals surface area contributed by atoms with Crippen LogP contribution in [0, 0.1) is 0 Å². The lowest BCUT2D eigenvalue weighted by molar-refractivity contribution is -0.125. The van der Waals surface area contributed by atoms with Crippen LogP contribution in [0.15, 0.2) is 30.3 Å². The molecule has 2 atom stereocenters. The Bertz CT molecular complexity index is 371. The number of benzene rings is 1. The Morgan fingerprint density at radius 3 is 2.62 bits per heavy atom. The van der Waals surface area contributed by atoms with E-state index in [2.05, 4.69) is 5.32 Å². The molecule has 3 nitrogen and oxygen atoms in total. The van der Waals surface area contributed by atoms with Gasteiger partial charge in [-0.05, 0) is 26.0 Å². The summed E-state index contributed by atoms with van der Waals surface area (Å²) in [5, 5.41) is 3.07. The van der Waals surface area contributed by atoms with Crippen molar-refractivity contribution in [2.45, 2.75) is 25.0 Å². The molecule has 0 bridgehead atoms. The highest BCUT2D eigenvalue weighted by molar-refractivity contribution is 5.94. The van der Waals surface area contributed by atoms with Crippen LogP contribution >= 0.6 is 0 Å². The summed E-state index contributed by atoms with van der Waals surface area (Å²) in [6.45, 7) is 2.41. The van der Waals surface area contributed by atoms with Crippen LogP contribution in [0.25, 0.3) is 0 Å². The van der Waals surface area contributed by atoms with E-state index in [4.69, 9.17) is 4.74 Å². The summed E-state index contributed by atoms with van der Waals surface area (Å²) in [7, 11) is 1.82. The second kappa shape index (κ2) is 4.36. The molecular weight excluding hydrogens is 202 g/mol. The number of nitrogens with one attached hydrogen (secondary N) is 1. The molecule has 2 rings (SSSR count). The zero-order valence-corrected chi connectivity index (χ0v) is 9.69. The van der Waals surface area contributed by atoms with Gasteiger partial charge in [0.1, 0.15) is 5.60 Å². The summed E-state index contributed by atoms with van der Waals surface area (Å²) in [5.41, 5.74) is 0.627. The molecular formula is C13H17NO2. The highest BCUT2D eigenvalue weighted by Gasteiger charge is 2.49. The number of rotatable bonds is 5. The first-order valence-corrected chi connectivity index (χ1v) is 5.55. The van der Waals surface area contributed by atoms with Crippen LogP contribution in [-0.4, -0.2) is 31.1 Å². The predicted molar refractivity (Wildman–Crippen MR) is 62.4 cm³/mol. The molecule has 1 heterocycles. The monoisotopic (exact) mass is 219 g/mol. The van der Waals surface area contributed by atoms with Gasteiger partial charge in [-0.25, -0.2) is 0 Å². The summed E-state index contributed by atoms with van der Waals surface area (Å²) in [6.07, 6.45) is 0.717. The molecule has 0 radical (unpaired) electrons. The van der Waals surface area contributed by atoms with E-state index in [0.29, 0.717) is 6.61 Å². The molecule has 1 saturated heterocycles. The minimum atomic E-state index is -0.539. The normalized spacial score (nSPS) is 25.1. The summed E-state index contributed by atoms with van der Waals surface area (Å²) >= 11 is 0. The minimum absolute atomic E-state index is 0.152. The molecule has 1 fully saturated rings. The van der Waals surface area contributed by atoms with Gasteiger partial charge >= 0.3 is 0 Å². The number of hydrogen-bond acceptors (Lipinski definition) is 3. The molecule has 0 unspecified atom stereocenters. The SMILES string of the molecule is CN[C@@H](Cc1ccccc1)C(=O)[C@@]1(C)CO1. The van der Waals surface area contributed by atoms with Gasteiger partial charge in [0.25, 0.3) is 0 Å². The molecule has 1 N–H and O–H groups in total. The standard InChI is InChI=1S/C13H17NO2/c1-13(9-16-13)12(15)11(14-2)8-10-6-4-3-5-7-10/h3-7,11,14H,8-9H2,1-2H3/t11-,13+/m0/s1. The van der Waals surface area contributed by atoms with Crippen molar-refractivity contribution in [1.29, 1.82) is 0 Å². The van der Waals surface area contributed by atoms with Gasteiger partial charge in [-0.1, -0.05) is 30.3 Å². The van der Waals surface area contributed by atoms with Crippen molar-refractivity contribution in [3.8, 4) is 0 Å². The van der Waals surface area contributed by atoms with Gasteiger partial charge in [0.15, 0.2) is 5.78 Å². The van der Waals surface area contributed by atoms with Crippen molar-refractivity contribution in [3.63, 3.8) is 0 Å². The minimum Gasteiger partial charge on any atom is -0.362 e. The van der Waals surface area contributed by atoms with E-state index in [1.54, 1.807) is 0 Å². The number of epoxide rings is 1. The number of carbonyl (C=O) groups excluding carboxylic acids is 1. The lowest BCUT2D eigenvalue weighted by Gasteiger charge is -2.17. The number of likely N-dealkylation sites (N-methyl/N-ethyl adjacent to an activating group) is 1. The smallest absolute Gasteiger partial charge is 0.183 e. The number of ketones is 1. The van der Waals surface area contributed by atoms with Crippen LogP contribution in [0.3, 0.4) is 0 Å². The Morgan fingerprint density at radius 2 is 2.12 bits per heavy atom. The van der Waals surface area contributed by atoms with E-state index in [1.807, 2.05) is 44.3 Å². The fourth-order valence-electron chi connectivity index (χ4n) is 1.79. The van der Waals surface area contributed by atoms with Gasteiger partial charge in [0.2, 0.25) is 0 Å². The maximum atomic E-state index is 12.1. The van der Waals surface area contributed by atoms with E-state index in [1.165, 1.54) is 5.56 Å². The van der Waals surface area contributed by atoms with E-state index in [0.717, 1.165) is 6.42 Å². The molecule has 0 saturated carbocycles. The topological polar surface area (TPSA) is 41.6 Å². The third-order valence-electron chi connectivity index (χ3n) is 3.05. The molecule has 0 aromatic heterocycles. The molecule has 1 aromatic rings. The zero-order chi connectivity index (χ0) is 11.6. The molecule has 86 valence electrons. The van der Waals surface area contributed by atoms with Gasteiger partial charge in [-0.15, -0.1) is 0 Å². The van der Waals surface area contributed by atoms with Crippen LogP contribution < -0.4 is 5.32 Å². The maximum Gasteiger partial charge on any atom is 0.183 e. The summed E-state index contributed by atoms with van der Waals surface area (Å²) in [4.78, 5) is 12.1. The Hall–Kier alpha value is -1.19. The van der Waals surface area contributed by atoms with Gasteiger partial charge in [-0.2, -0.15) is 0 Å². The second-order valence-electron chi connectivity index (χ2n) is 4.41. The van der Waals surface area contributed by atoms with Crippen LogP contribution in [0.5, 0.6) is 0 Å². The predicted octanol–water partition coefficient (Wildman–Crippen LogP) is 1.18. The molecule has 0 amide bonds. The summed E-state index contributed by atoms with van der Waals surface area (Å²) in [6, 6.07) is 9.87. The molecule has 1 aromatic carbocycles. The Kier molecular flexibility index (Phi) is 3.08. The van der Waals surface area contributed by atoms with Crippen molar-refractivity contribution < 1.29 is 9.53 Å². The highest BCUT2D eigenvalue weighted by Crippen LogP contribution is 2.28. The third kappa shape index (κ3) is 2.31. The lowest BCUT2D eigenvalue weighted by atomic mass is 9.95. The fraction of sp³-hybridized carbons (Fsp3) is 0.462. The third-order valence-corrected chi connectivity index (χ3v) is 3.05. The van der Waals surface area contributed by atoms with Crippen molar-refractivity contribution in [2.24, 2.45) is 0 Å². The quantitative estimate of drug-likeness (QED) is 0.756. The fourth-order valence-corrected chi connectivity index (χ4v) is 1.79. The highest BCUT2D eigenvalue weighted by atomic mass is 16.6. The first-order chi connectivity index (χ1) is 7.65. The molecule has 1 aliphatic rings. The van der Waals surface area contributed by atoms with E-state index >= 15 is 0 Å². The Labute approximate surface area is 95.8 Å². The van der Waals surface area contributed by atoms with Gasteiger partial charge < -0.3 is 10.1 Å². The van der Waals surface area contributed by atoms with E-state index < -0.39 is 5.60 Å². The van der Waals surface area contributed by atoms with Crippen molar-refractivity contribution in [1.82, 2.24) is 5.32 Å². The summed E-state index contributed by atoms with van der Waals surface area (Å²) in [5.74, 6) is 0.152. The van der Waals surface area contributed by atoms with E-state index in [-0.39, 0.29) is 11.8 Å². The van der Waals surface area contributed by atoms with Crippen LogP contribution in [0.4, 0.5) is 0 Å². The van der Waals surface area contributed by atoms with Crippen molar-refractivity contribution in [2.75, 3.05) is 13.7 Å². The molecule has 16 heavy (non-hydrogen) atoms. The Morgan fingerprint density at radius 1 is 1.50 bits per heavy atom. The van der Waals surface area contributed by atoms with Gasteiger partial charge in [0, 0.05) is 0 Å². The first-order valence-electron chi connectivity index (χ1n) is 5.55. The zero-order valence-electron chi connectivity index (χ0n) is 9.69. The average Bonchev–Trinajstić information content (AvgIpc) is 3.06.